The van der Waals surface area contributed by atoms with Crippen LogP contribution in [0.25, 0.3) is 28.2 Å². The van der Waals surface area contributed by atoms with Gasteiger partial charge in [0.25, 0.3) is 5.82 Å². The minimum Gasteiger partial charge on any atom is -0.497 e. The fourth-order valence-electron chi connectivity index (χ4n) is 3.85. The number of halogens is 1. The van der Waals surface area contributed by atoms with Crippen LogP contribution in [0.1, 0.15) is 21.0 Å². The van der Waals surface area contributed by atoms with Gasteiger partial charge in [-0.05, 0) is 59.7 Å². The van der Waals surface area contributed by atoms with Gasteiger partial charge in [-0.1, -0.05) is 54.6 Å². The summed E-state index contributed by atoms with van der Waals surface area (Å²) in [4.78, 5) is 29.8. The molecule has 4 aromatic carbocycles. The van der Waals surface area contributed by atoms with Gasteiger partial charge in [-0.15, -0.1) is 5.10 Å². The molecule has 0 bridgehead atoms. The molecule has 0 aliphatic rings. The Hall–Kier alpha value is -5.11. The maximum atomic E-state index is 13.5. The summed E-state index contributed by atoms with van der Waals surface area (Å²) in [5.41, 5.74) is 3.57. The zero-order valence-corrected chi connectivity index (χ0v) is 20.4. The molecule has 0 saturated carbocycles. The lowest BCUT2D eigenvalue weighted by atomic mass is 10.0. The van der Waals surface area contributed by atoms with Crippen molar-refractivity contribution in [3.05, 3.63) is 120 Å². The van der Waals surface area contributed by atoms with Gasteiger partial charge in [0.05, 0.1) is 12.8 Å². The van der Waals surface area contributed by atoms with E-state index in [1.54, 1.807) is 43.5 Å². The highest BCUT2D eigenvalue weighted by molar-refractivity contribution is 5.99. The summed E-state index contributed by atoms with van der Waals surface area (Å²) in [6.45, 7) is -0.466. The molecule has 38 heavy (non-hydrogen) atoms. The predicted octanol–water partition coefficient (Wildman–Crippen LogP) is 5.79. The molecular weight excluding hydrogens is 485 g/mol. The molecule has 0 fully saturated rings. The highest BCUT2D eigenvalue weighted by Crippen LogP contribution is 2.24. The lowest BCUT2D eigenvalue weighted by molar-refractivity contribution is 0.0462. The van der Waals surface area contributed by atoms with Crippen molar-refractivity contribution >= 4 is 11.8 Å². The third kappa shape index (κ3) is 5.34. The Morgan fingerprint density at radius 3 is 2.08 bits per heavy atom. The zero-order chi connectivity index (χ0) is 26.5. The third-order valence-corrected chi connectivity index (χ3v) is 5.86. The topological polar surface area (TPSA) is 83.3 Å². The smallest absolute Gasteiger partial charge is 0.378 e. The standard InChI is InChI=1S/C30H22FN3O4/c1-37-26-17-15-25(16-18-26)34-29(23-11-13-24(31)14-12-23)32-28(33-34)30(36)38-19-27(35)22-9-7-21(8-10-22)20-5-3-2-4-6-20/h2-18H,19H2,1H3. The molecule has 0 N–H and O–H groups in total. The number of nitrogens with zero attached hydrogens (tertiary/aromatic N) is 3. The van der Waals surface area contributed by atoms with E-state index in [0.717, 1.165) is 11.1 Å². The molecule has 0 saturated heterocycles. The molecule has 0 aliphatic heterocycles. The van der Waals surface area contributed by atoms with E-state index in [4.69, 9.17) is 9.47 Å². The van der Waals surface area contributed by atoms with Crippen LogP contribution in [0.5, 0.6) is 5.75 Å². The number of rotatable bonds is 8. The second-order valence-corrected chi connectivity index (χ2v) is 8.32. The van der Waals surface area contributed by atoms with Gasteiger partial charge in [0.1, 0.15) is 11.6 Å². The van der Waals surface area contributed by atoms with E-state index in [-0.39, 0.29) is 11.6 Å². The molecule has 0 atom stereocenters. The Kier molecular flexibility index (Phi) is 7.04. The molecule has 0 spiro atoms. The second kappa shape index (κ2) is 10.9. The summed E-state index contributed by atoms with van der Waals surface area (Å²) in [6, 6.07) is 29.5. The first kappa shape index (κ1) is 24.6. The quantitative estimate of drug-likeness (QED) is 0.195. The number of Topliss-reactive ketones (excluding diaryl/α,β-unsaturated/α-hetero) is 1. The monoisotopic (exact) mass is 507 g/mol. The van der Waals surface area contributed by atoms with E-state index in [0.29, 0.717) is 28.4 Å². The van der Waals surface area contributed by atoms with E-state index in [1.165, 1.54) is 28.9 Å². The molecule has 0 unspecified atom stereocenters. The van der Waals surface area contributed by atoms with Crippen molar-refractivity contribution < 1.29 is 23.5 Å². The van der Waals surface area contributed by atoms with Crippen LogP contribution in [0.2, 0.25) is 0 Å². The first-order valence-electron chi connectivity index (χ1n) is 11.7. The molecule has 1 heterocycles. The van der Waals surface area contributed by atoms with E-state index >= 15 is 0 Å². The molecule has 5 aromatic rings. The van der Waals surface area contributed by atoms with Crippen LogP contribution in [-0.2, 0) is 4.74 Å². The minimum absolute atomic E-state index is 0.229. The number of methoxy groups -OCH3 is 1. The summed E-state index contributed by atoms with van der Waals surface area (Å²) in [7, 11) is 1.56. The fourth-order valence-corrected chi connectivity index (χ4v) is 3.85. The summed E-state index contributed by atoms with van der Waals surface area (Å²) >= 11 is 0. The van der Waals surface area contributed by atoms with E-state index in [1.807, 2.05) is 42.5 Å². The van der Waals surface area contributed by atoms with Crippen LogP contribution in [0, 0.1) is 5.82 Å². The maximum Gasteiger partial charge on any atom is 0.378 e. The van der Waals surface area contributed by atoms with Gasteiger partial charge in [0.15, 0.2) is 18.2 Å². The van der Waals surface area contributed by atoms with Crippen molar-refractivity contribution in [1.82, 2.24) is 14.8 Å². The number of hydrogen-bond acceptors (Lipinski definition) is 6. The Bertz CT molecular complexity index is 1560. The number of ether oxygens (including phenoxy) is 2. The van der Waals surface area contributed by atoms with Gasteiger partial charge in [0, 0.05) is 11.1 Å². The van der Waals surface area contributed by atoms with Crippen LogP contribution < -0.4 is 4.74 Å². The summed E-state index contributed by atoms with van der Waals surface area (Å²) in [6.07, 6.45) is 0. The minimum atomic E-state index is -0.852. The largest absolute Gasteiger partial charge is 0.497 e. The molecular formula is C30H22FN3O4. The van der Waals surface area contributed by atoms with Crippen LogP contribution in [0.3, 0.4) is 0 Å². The average Bonchev–Trinajstić information content (AvgIpc) is 3.42. The molecule has 188 valence electrons. The van der Waals surface area contributed by atoms with Crippen molar-refractivity contribution in [1.29, 1.82) is 0 Å². The fraction of sp³-hybridized carbons (Fsp3) is 0.0667. The number of hydrogen-bond donors (Lipinski definition) is 0. The van der Waals surface area contributed by atoms with Crippen molar-refractivity contribution in [2.45, 2.75) is 0 Å². The van der Waals surface area contributed by atoms with Gasteiger partial charge in [0.2, 0.25) is 0 Å². The lowest BCUT2D eigenvalue weighted by Crippen LogP contribution is -2.15. The van der Waals surface area contributed by atoms with Gasteiger partial charge < -0.3 is 9.47 Å². The second-order valence-electron chi connectivity index (χ2n) is 8.32. The third-order valence-electron chi connectivity index (χ3n) is 5.86. The number of carbonyl (C=O) groups is 2. The predicted molar refractivity (Wildman–Crippen MR) is 140 cm³/mol. The van der Waals surface area contributed by atoms with Crippen molar-refractivity contribution in [3.63, 3.8) is 0 Å². The summed E-state index contributed by atoms with van der Waals surface area (Å²) < 4.78 is 25.4. The zero-order valence-electron chi connectivity index (χ0n) is 20.4. The maximum absolute atomic E-state index is 13.5. The van der Waals surface area contributed by atoms with Gasteiger partial charge in [-0.25, -0.2) is 18.9 Å². The number of benzene rings is 4. The Morgan fingerprint density at radius 2 is 1.42 bits per heavy atom. The Morgan fingerprint density at radius 1 is 0.789 bits per heavy atom. The van der Waals surface area contributed by atoms with Gasteiger partial charge in [-0.2, -0.15) is 0 Å². The normalized spacial score (nSPS) is 10.7. The van der Waals surface area contributed by atoms with E-state index in [9.17, 15) is 14.0 Å². The number of carbonyl (C=O) groups excluding carboxylic acids is 2. The Labute approximate surface area is 218 Å². The SMILES string of the molecule is COc1ccc(-n2nc(C(=O)OCC(=O)c3ccc(-c4ccccc4)cc3)nc2-c2ccc(F)cc2)cc1. The van der Waals surface area contributed by atoms with Gasteiger partial charge >= 0.3 is 5.97 Å². The van der Waals surface area contributed by atoms with Crippen molar-refractivity contribution in [3.8, 4) is 34.0 Å². The molecule has 0 radical (unpaired) electrons. The lowest BCUT2D eigenvalue weighted by Gasteiger charge is -2.07. The number of aromatic nitrogens is 3. The molecule has 0 aliphatic carbocycles. The highest BCUT2D eigenvalue weighted by Gasteiger charge is 2.21. The molecule has 5 rings (SSSR count). The average molecular weight is 508 g/mol. The molecule has 8 heteroatoms. The van der Waals surface area contributed by atoms with Crippen molar-refractivity contribution in [2.75, 3.05) is 13.7 Å². The summed E-state index contributed by atoms with van der Waals surface area (Å²) in [5.74, 6) is -0.884. The summed E-state index contributed by atoms with van der Waals surface area (Å²) in [5, 5.41) is 4.32. The first-order valence-corrected chi connectivity index (χ1v) is 11.7. The van der Waals surface area contributed by atoms with Crippen LogP contribution in [0.4, 0.5) is 4.39 Å². The van der Waals surface area contributed by atoms with Crippen molar-refractivity contribution in [2.24, 2.45) is 0 Å². The first-order chi connectivity index (χ1) is 18.5. The molecule has 1 aromatic heterocycles. The van der Waals surface area contributed by atoms with Crippen LogP contribution in [0.15, 0.2) is 103 Å². The van der Waals surface area contributed by atoms with E-state index in [2.05, 4.69) is 10.1 Å². The van der Waals surface area contributed by atoms with Crippen LogP contribution in [-0.4, -0.2) is 40.2 Å². The number of esters is 1. The van der Waals surface area contributed by atoms with Gasteiger partial charge in [-0.3, -0.25) is 4.79 Å². The molecule has 7 nitrogen and oxygen atoms in total. The van der Waals surface area contributed by atoms with E-state index < -0.39 is 18.4 Å². The Balaban J connectivity index is 1.34. The van der Waals surface area contributed by atoms with Crippen LogP contribution >= 0.6 is 0 Å². The number of ketones is 1. The highest BCUT2D eigenvalue weighted by atomic mass is 19.1. The molecule has 0 amide bonds.